The molecule has 0 atom stereocenters. The predicted molar refractivity (Wildman–Crippen MR) is 130 cm³/mol. The molecule has 1 saturated heterocycles. The second-order valence-electron chi connectivity index (χ2n) is 7.74. The zero-order valence-corrected chi connectivity index (χ0v) is 20.4. The first-order valence-electron chi connectivity index (χ1n) is 10.5. The predicted octanol–water partition coefficient (Wildman–Crippen LogP) is 2.10. The van der Waals surface area contributed by atoms with Crippen molar-refractivity contribution >= 4 is 42.4 Å². The number of fused-ring (bicyclic) bond motifs is 1. The molecule has 3 aromatic rings. The molecule has 9 nitrogen and oxygen atoms in total. The third-order valence-corrected chi connectivity index (χ3v) is 8.12. The Morgan fingerprint density at radius 3 is 2.70 bits per heavy atom. The van der Waals surface area contributed by atoms with Gasteiger partial charge in [-0.05, 0) is 35.9 Å². The van der Waals surface area contributed by atoms with Crippen LogP contribution in [0.4, 0.5) is 5.69 Å². The fourth-order valence-corrected chi connectivity index (χ4v) is 5.23. The standard InChI is InChI=1S/C22H23BrN6O3S/c1-2-33(31,32)21-4-3-15(12-24)9-20(21)27-29-14-26-19-10-16(13-28-7-5-25-6-8-28)18(23)11-17(19)22(29)30/h3-4,9-11,14,25,27H,2,5-8,13H2,1H3. The lowest BCUT2D eigenvalue weighted by molar-refractivity contribution is 0.233. The normalized spacial score (nSPS) is 14.8. The van der Waals surface area contributed by atoms with Gasteiger partial charge < -0.3 is 5.32 Å². The SMILES string of the molecule is CCS(=O)(=O)c1ccc(C#N)cc1Nn1cnc2cc(CN3CCNCC3)c(Br)cc2c1=O. The molecule has 0 radical (unpaired) electrons. The van der Waals surface area contributed by atoms with Gasteiger partial charge in [0, 0.05) is 37.2 Å². The second kappa shape index (κ2) is 9.61. The van der Waals surface area contributed by atoms with Crippen LogP contribution in [0.1, 0.15) is 18.1 Å². The number of hydrogen-bond donors (Lipinski definition) is 2. The summed E-state index contributed by atoms with van der Waals surface area (Å²) in [7, 11) is -3.58. The lowest BCUT2D eigenvalue weighted by Crippen LogP contribution is -2.42. The summed E-state index contributed by atoms with van der Waals surface area (Å²) >= 11 is 3.58. The highest BCUT2D eigenvalue weighted by molar-refractivity contribution is 9.10. The monoisotopic (exact) mass is 530 g/mol. The van der Waals surface area contributed by atoms with E-state index in [0.717, 1.165) is 47.4 Å². The Kier molecular flexibility index (Phi) is 6.81. The first-order chi connectivity index (χ1) is 15.8. The van der Waals surface area contributed by atoms with Gasteiger partial charge in [0.25, 0.3) is 5.56 Å². The summed E-state index contributed by atoms with van der Waals surface area (Å²) in [5.41, 5.74) is 4.47. The number of hydrogen-bond acceptors (Lipinski definition) is 8. The topological polar surface area (TPSA) is 120 Å². The molecule has 0 unspecified atom stereocenters. The molecule has 1 fully saturated rings. The van der Waals surface area contributed by atoms with Crippen molar-refractivity contribution in [2.24, 2.45) is 0 Å². The van der Waals surface area contributed by atoms with Crippen molar-refractivity contribution in [1.29, 1.82) is 5.26 Å². The maximum atomic E-state index is 13.2. The Hall–Kier alpha value is -2.78. The first-order valence-corrected chi connectivity index (χ1v) is 12.9. The highest BCUT2D eigenvalue weighted by Gasteiger charge is 2.19. The van der Waals surface area contributed by atoms with Crippen LogP contribution in [0.5, 0.6) is 0 Å². The van der Waals surface area contributed by atoms with Gasteiger partial charge in [0.05, 0.1) is 38.9 Å². The molecule has 1 aliphatic heterocycles. The minimum atomic E-state index is -3.58. The Morgan fingerprint density at radius 2 is 2.00 bits per heavy atom. The molecule has 2 heterocycles. The van der Waals surface area contributed by atoms with E-state index in [0.29, 0.717) is 10.9 Å². The number of aromatic nitrogens is 2. The first kappa shape index (κ1) is 23.4. The molecule has 1 aliphatic rings. The summed E-state index contributed by atoms with van der Waals surface area (Å²) < 4.78 is 27.0. The zero-order chi connectivity index (χ0) is 23.6. The van der Waals surface area contributed by atoms with Gasteiger partial charge in [-0.2, -0.15) is 5.26 Å². The fourth-order valence-electron chi connectivity index (χ4n) is 3.74. The molecule has 33 heavy (non-hydrogen) atoms. The van der Waals surface area contributed by atoms with Crippen LogP contribution < -0.4 is 16.3 Å². The van der Waals surface area contributed by atoms with Crippen molar-refractivity contribution in [2.45, 2.75) is 18.4 Å². The number of nitrogens with zero attached hydrogens (tertiary/aromatic N) is 4. The van der Waals surface area contributed by atoms with Crippen molar-refractivity contribution in [3.63, 3.8) is 0 Å². The number of nitriles is 1. The van der Waals surface area contributed by atoms with Gasteiger partial charge in [-0.25, -0.2) is 18.1 Å². The van der Waals surface area contributed by atoms with Crippen LogP contribution in [0.2, 0.25) is 0 Å². The maximum absolute atomic E-state index is 13.2. The van der Waals surface area contributed by atoms with Crippen LogP contribution in [0.15, 0.2) is 50.8 Å². The average Bonchev–Trinajstić information content (AvgIpc) is 2.82. The van der Waals surface area contributed by atoms with Gasteiger partial charge in [-0.3, -0.25) is 15.1 Å². The van der Waals surface area contributed by atoms with Gasteiger partial charge in [-0.15, -0.1) is 0 Å². The highest BCUT2D eigenvalue weighted by Crippen LogP contribution is 2.25. The lowest BCUT2D eigenvalue weighted by atomic mass is 10.1. The largest absolute Gasteiger partial charge is 0.314 e. The molecular weight excluding hydrogens is 508 g/mol. The third kappa shape index (κ3) is 4.94. The number of anilines is 1. The Balaban J connectivity index is 1.72. The highest BCUT2D eigenvalue weighted by atomic mass is 79.9. The molecule has 0 saturated carbocycles. The average molecular weight is 531 g/mol. The van der Waals surface area contributed by atoms with Crippen LogP contribution in [0.25, 0.3) is 10.9 Å². The molecule has 1 aromatic heterocycles. The summed E-state index contributed by atoms with van der Waals surface area (Å²) in [4.78, 5) is 20.0. The Morgan fingerprint density at radius 1 is 1.24 bits per heavy atom. The number of rotatable bonds is 6. The number of nitrogens with one attached hydrogen (secondary N) is 2. The molecule has 2 N–H and O–H groups in total. The van der Waals surface area contributed by atoms with Gasteiger partial charge in [0.15, 0.2) is 9.84 Å². The van der Waals surface area contributed by atoms with Gasteiger partial charge in [-0.1, -0.05) is 22.9 Å². The van der Waals surface area contributed by atoms with Crippen molar-refractivity contribution in [3.05, 3.63) is 62.6 Å². The quantitative estimate of drug-likeness (QED) is 0.497. The number of sulfone groups is 1. The van der Waals surface area contributed by atoms with Crippen LogP contribution in [0.3, 0.4) is 0 Å². The molecule has 2 aromatic carbocycles. The molecule has 4 rings (SSSR count). The molecule has 0 aliphatic carbocycles. The van der Waals surface area contributed by atoms with Crippen molar-refractivity contribution < 1.29 is 8.42 Å². The molecule has 0 amide bonds. The van der Waals surface area contributed by atoms with Crippen LogP contribution in [-0.2, 0) is 16.4 Å². The number of halogens is 1. The van der Waals surface area contributed by atoms with E-state index < -0.39 is 9.84 Å². The summed E-state index contributed by atoms with van der Waals surface area (Å²) in [5.74, 6) is -0.110. The second-order valence-corrected chi connectivity index (χ2v) is 10.8. The minimum absolute atomic E-state index is 0.0172. The van der Waals surface area contributed by atoms with E-state index in [9.17, 15) is 18.5 Å². The fraction of sp³-hybridized carbons (Fsp3) is 0.318. The van der Waals surface area contributed by atoms with E-state index in [1.54, 1.807) is 6.07 Å². The van der Waals surface area contributed by atoms with Gasteiger partial charge in [0.1, 0.15) is 6.33 Å². The maximum Gasteiger partial charge on any atom is 0.280 e. The Labute approximate surface area is 200 Å². The van der Waals surface area contributed by atoms with Crippen LogP contribution >= 0.6 is 15.9 Å². The molecule has 172 valence electrons. The van der Waals surface area contributed by atoms with Gasteiger partial charge in [0.2, 0.25) is 0 Å². The van der Waals surface area contributed by atoms with E-state index in [-0.39, 0.29) is 27.5 Å². The summed E-state index contributed by atoms with van der Waals surface area (Å²) in [6.07, 6.45) is 1.33. The lowest BCUT2D eigenvalue weighted by Gasteiger charge is -2.27. The smallest absolute Gasteiger partial charge is 0.280 e. The third-order valence-electron chi connectivity index (χ3n) is 5.59. The minimum Gasteiger partial charge on any atom is -0.314 e. The summed E-state index contributed by atoms with van der Waals surface area (Å²) in [6.45, 7) is 6.09. The van der Waals surface area contributed by atoms with Crippen LogP contribution in [0, 0.1) is 11.3 Å². The van der Waals surface area contributed by atoms with Crippen molar-refractivity contribution in [2.75, 3.05) is 37.4 Å². The number of piperazine rings is 1. The van der Waals surface area contributed by atoms with E-state index in [4.69, 9.17) is 0 Å². The molecule has 0 bridgehead atoms. The molecule has 11 heteroatoms. The van der Waals surface area contributed by atoms with E-state index >= 15 is 0 Å². The van der Waals surface area contributed by atoms with Gasteiger partial charge >= 0.3 is 0 Å². The van der Waals surface area contributed by atoms with Crippen LogP contribution in [-0.4, -0.2) is 54.9 Å². The van der Waals surface area contributed by atoms with E-state index in [2.05, 4.69) is 36.6 Å². The molecule has 0 spiro atoms. The van der Waals surface area contributed by atoms with Crippen molar-refractivity contribution in [1.82, 2.24) is 19.9 Å². The zero-order valence-electron chi connectivity index (χ0n) is 18.0. The molecular formula is C22H23BrN6O3S. The summed E-state index contributed by atoms with van der Waals surface area (Å²) in [6, 6.07) is 9.85. The Bertz CT molecular complexity index is 1410. The van der Waals surface area contributed by atoms with Crippen molar-refractivity contribution in [3.8, 4) is 6.07 Å². The van der Waals surface area contributed by atoms with E-state index in [1.807, 2.05) is 12.1 Å². The van der Waals surface area contributed by atoms with E-state index in [1.165, 1.54) is 31.5 Å². The number of benzene rings is 2. The summed E-state index contributed by atoms with van der Waals surface area (Å²) in [5, 5.41) is 12.9.